The van der Waals surface area contributed by atoms with Crippen LogP contribution in [0, 0.1) is 12.7 Å². The monoisotopic (exact) mass is 319 g/mol. The molecule has 4 heteroatoms. The summed E-state index contributed by atoms with van der Waals surface area (Å²) in [4.78, 5) is 14.0. The number of halogens is 2. The standard InChI is InChI=1S/C15H11BrFNO/c1-9-12(16)5-3-7-14(9)18-8-11-10(15(18)19)4-2-6-13(11)17/h2-7H,8H2,1H3. The van der Waals surface area contributed by atoms with Crippen LogP contribution in [-0.4, -0.2) is 5.91 Å². The Morgan fingerprint density at radius 2 is 1.95 bits per heavy atom. The van der Waals surface area contributed by atoms with Gasteiger partial charge in [0, 0.05) is 21.3 Å². The average molecular weight is 320 g/mol. The van der Waals surface area contributed by atoms with Gasteiger partial charge < -0.3 is 4.90 Å². The second-order valence-corrected chi connectivity index (χ2v) is 5.40. The fraction of sp³-hybridized carbons (Fsp3) is 0.133. The largest absolute Gasteiger partial charge is 0.303 e. The van der Waals surface area contributed by atoms with E-state index in [1.165, 1.54) is 6.07 Å². The summed E-state index contributed by atoms with van der Waals surface area (Å²) in [5, 5.41) is 0. The summed E-state index contributed by atoms with van der Waals surface area (Å²) in [5.74, 6) is -0.461. The molecule has 96 valence electrons. The number of benzene rings is 2. The molecule has 0 bridgehead atoms. The van der Waals surface area contributed by atoms with Crippen LogP contribution in [0.15, 0.2) is 40.9 Å². The molecule has 0 aliphatic carbocycles. The van der Waals surface area contributed by atoms with Crippen LogP contribution in [0.3, 0.4) is 0 Å². The summed E-state index contributed by atoms with van der Waals surface area (Å²) in [5.41, 5.74) is 2.73. The van der Waals surface area contributed by atoms with E-state index in [0.717, 1.165) is 15.7 Å². The first-order chi connectivity index (χ1) is 9.09. The second kappa shape index (κ2) is 4.46. The number of fused-ring (bicyclic) bond motifs is 1. The lowest BCUT2D eigenvalue weighted by Crippen LogP contribution is -2.23. The van der Waals surface area contributed by atoms with Gasteiger partial charge in [-0.25, -0.2) is 4.39 Å². The predicted molar refractivity (Wildman–Crippen MR) is 75.8 cm³/mol. The Labute approximate surface area is 119 Å². The fourth-order valence-electron chi connectivity index (χ4n) is 2.38. The average Bonchev–Trinajstić information content (AvgIpc) is 2.72. The van der Waals surface area contributed by atoms with Crippen LogP contribution in [0.2, 0.25) is 0 Å². The van der Waals surface area contributed by atoms with E-state index in [1.807, 2.05) is 25.1 Å². The van der Waals surface area contributed by atoms with Gasteiger partial charge in [-0.3, -0.25) is 4.79 Å². The van der Waals surface area contributed by atoms with E-state index in [-0.39, 0.29) is 18.3 Å². The summed E-state index contributed by atoms with van der Waals surface area (Å²) < 4.78 is 14.7. The molecule has 1 aliphatic heterocycles. The normalized spacial score (nSPS) is 13.8. The molecular formula is C15H11BrFNO. The summed E-state index contributed by atoms with van der Waals surface area (Å²) >= 11 is 3.45. The number of carbonyl (C=O) groups is 1. The zero-order chi connectivity index (χ0) is 13.6. The van der Waals surface area contributed by atoms with Gasteiger partial charge in [0.2, 0.25) is 0 Å². The van der Waals surface area contributed by atoms with Crippen molar-refractivity contribution in [1.82, 2.24) is 0 Å². The Hall–Kier alpha value is -1.68. The molecular weight excluding hydrogens is 309 g/mol. The summed E-state index contributed by atoms with van der Waals surface area (Å²) in [6.07, 6.45) is 0. The van der Waals surface area contributed by atoms with Crippen molar-refractivity contribution in [1.29, 1.82) is 0 Å². The number of hydrogen-bond donors (Lipinski definition) is 0. The third-order valence-electron chi connectivity index (χ3n) is 3.44. The SMILES string of the molecule is Cc1c(Br)cccc1N1Cc2c(F)cccc2C1=O. The highest BCUT2D eigenvalue weighted by Gasteiger charge is 2.31. The van der Waals surface area contributed by atoms with Gasteiger partial charge >= 0.3 is 0 Å². The maximum atomic E-state index is 13.7. The van der Waals surface area contributed by atoms with Gasteiger partial charge in [-0.05, 0) is 36.8 Å². The Morgan fingerprint density at radius 3 is 2.68 bits per heavy atom. The molecule has 0 radical (unpaired) electrons. The summed E-state index contributed by atoms with van der Waals surface area (Å²) in [6, 6.07) is 10.3. The lowest BCUT2D eigenvalue weighted by atomic mass is 10.1. The van der Waals surface area contributed by atoms with E-state index >= 15 is 0 Å². The van der Waals surface area contributed by atoms with E-state index in [1.54, 1.807) is 17.0 Å². The quantitative estimate of drug-likeness (QED) is 0.776. The van der Waals surface area contributed by atoms with Gasteiger partial charge in [0.25, 0.3) is 5.91 Å². The highest BCUT2D eigenvalue weighted by atomic mass is 79.9. The van der Waals surface area contributed by atoms with Crippen molar-refractivity contribution < 1.29 is 9.18 Å². The molecule has 19 heavy (non-hydrogen) atoms. The molecule has 2 aromatic carbocycles. The molecule has 0 unspecified atom stereocenters. The smallest absolute Gasteiger partial charge is 0.259 e. The van der Waals surface area contributed by atoms with Gasteiger partial charge in [-0.2, -0.15) is 0 Å². The van der Waals surface area contributed by atoms with Crippen LogP contribution in [0.5, 0.6) is 0 Å². The predicted octanol–water partition coefficient (Wildman–Crippen LogP) is 4.06. The number of anilines is 1. The van der Waals surface area contributed by atoms with Crippen LogP contribution in [0.4, 0.5) is 10.1 Å². The molecule has 1 aliphatic rings. The third kappa shape index (κ3) is 1.87. The van der Waals surface area contributed by atoms with Crippen LogP contribution >= 0.6 is 15.9 Å². The van der Waals surface area contributed by atoms with Crippen molar-refractivity contribution in [3.8, 4) is 0 Å². The molecule has 0 fully saturated rings. The number of nitrogens with zero attached hydrogens (tertiary/aromatic N) is 1. The van der Waals surface area contributed by atoms with Crippen molar-refractivity contribution in [2.24, 2.45) is 0 Å². The topological polar surface area (TPSA) is 20.3 Å². The third-order valence-corrected chi connectivity index (χ3v) is 4.30. The van der Waals surface area contributed by atoms with E-state index < -0.39 is 0 Å². The highest BCUT2D eigenvalue weighted by molar-refractivity contribution is 9.10. The first-order valence-electron chi connectivity index (χ1n) is 5.94. The second-order valence-electron chi connectivity index (χ2n) is 4.54. The Balaban J connectivity index is 2.09. The number of amides is 1. The van der Waals surface area contributed by atoms with E-state index in [0.29, 0.717) is 11.1 Å². The molecule has 2 aromatic rings. The zero-order valence-corrected chi connectivity index (χ0v) is 11.9. The van der Waals surface area contributed by atoms with Crippen LogP contribution in [-0.2, 0) is 6.54 Å². The van der Waals surface area contributed by atoms with Gasteiger partial charge in [-0.15, -0.1) is 0 Å². The van der Waals surface area contributed by atoms with Gasteiger partial charge in [0.05, 0.1) is 6.54 Å². The molecule has 0 atom stereocenters. The zero-order valence-electron chi connectivity index (χ0n) is 10.3. The Morgan fingerprint density at radius 1 is 1.21 bits per heavy atom. The summed E-state index contributed by atoms with van der Waals surface area (Å²) in [6.45, 7) is 2.23. The van der Waals surface area contributed by atoms with E-state index in [9.17, 15) is 9.18 Å². The highest BCUT2D eigenvalue weighted by Crippen LogP contribution is 2.34. The maximum Gasteiger partial charge on any atom is 0.259 e. The van der Waals surface area contributed by atoms with Crippen molar-refractivity contribution in [3.05, 3.63) is 63.4 Å². The van der Waals surface area contributed by atoms with Crippen LogP contribution in [0.1, 0.15) is 21.5 Å². The van der Waals surface area contributed by atoms with Gasteiger partial charge in [-0.1, -0.05) is 28.1 Å². The van der Waals surface area contributed by atoms with E-state index in [4.69, 9.17) is 0 Å². The first-order valence-corrected chi connectivity index (χ1v) is 6.73. The molecule has 3 rings (SSSR count). The van der Waals surface area contributed by atoms with Crippen molar-refractivity contribution in [2.75, 3.05) is 4.90 Å². The lowest BCUT2D eigenvalue weighted by molar-refractivity contribution is 0.0996. The van der Waals surface area contributed by atoms with E-state index in [2.05, 4.69) is 15.9 Å². The minimum absolute atomic E-state index is 0.143. The summed E-state index contributed by atoms with van der Waals surface area (Å²) in [7, 11) is 0. The molecule has 0 spiro atoms. The number of carbonyl (C=O) groups excluding carboxylic acids is 1. The van der Waals surface area contributed by atoms with Gasteiger partial charge in [0.15, 0.2) is 0 Å². The molecule has 2 nitrogen and oxygen atoms in total. The molecule has 0 saturated carbocycles. The molecule has 0 N–H and O–H groups in total. The minimum Gasteiger partial charge on any atom is -0.303 e. The minimum atomic E-state index is -0.319. The molecule has 1 amide bonds. The van der Waals surface area contributed by atoms with Crippen LogP contribution in [0.25, 0.3) is 0 Å². The number of hydrogen-bond acceptors (Lipinski definition) is 1. The Kier molecular flexibility index (Phi) is 2.90. The molecule has 0 aromatic heterocycles. The van der Waals surface area contributed by atoms with Crippen molar-refractivity contribution >= 4 is 27.5 Å². The number of rotatable bonds is 1. The first kappa shape index (κ1) is 12.4. The fourth-order valence-corrected chi connectivity index (χ4v) is 2.73. The van der Waals surface area contributed by atoms with Crippen LogP contribution < -0.4 is 4.90 Å². The molecule has 1 heterocycles. The van der Waals surface area contributed by atoms with Crippen molar-refractivity contribution in [3.63, 3.8) is 0 Å². The Bertz CT molecular complexity index is 684. The molecule has 0 saturated heterocycles. The lowest BCUT2D eigenvalue weighted by Gasteiger charge is -2.19. The van der Waals surface area contributed by atoms with Crippen molar-refractivity contribution in [2.45, 2.75) is 13.5 Å². The maximum absolute atomic E-state index is 13.7. The van der Waals surface area contributed by atoms with Gasteiger partial charge in [0.1, 0.15) is 5.82 Å².